The second kappa shape index (κ2) is 12.2. The van der Waals surface area contributed by atoms with E-state index in [2.05, 4.69) is 31.8 Å². The quantitative estimate of drug-likeness (QED) is 0.174. The monoisotopic (exact) mass is 519 g/mol. The predicted molar refractivity (Wildman–Crippen MR) is 136 cm³/mol. The number of halogens is 1. The SMILES string of the molecule is COc1cc(C=NNC(=O)/C(=C/C=C\c2ccccc2)NC(=O)c2ccccc2)cc(Br)c1O. The van der Waals surface area contributed by atoms with E-state index in [4.69, 9.17) is 4.74 Å². The first-order valence-electron chi connectivity index (χ1n) is 10.2. The van der Waals surface area contributed by atoms with Gasteiger partial charge in [0.05, 0.1) is 17.8 Å². The van der Waals surface area contributed by atoms with Crippen molar-refractivity contribution >= 4 is 40.0 Å². The third-order valence-electron chi connectivity index (χ3n) is 4.53. The summed E-state index contributed by atoms with van der Waals surface area (Å²) in [5, 5.41) is 16.5. The molecule has 0 unspecified atom stereocenters. The number of carbonyl (C=O) groups is 2. The Hall–Kier alpha value is -4.17. The smallest absolute Gasteiger partial charge is 0.287 e. The Morgan fingerprint density at radius 2 is 1.68 bits per heavy atom. The minimum atomic E-state index is -0.608. The molecule has 0 aromatic heterocycles. The van der Waals surface area contributed by atoms with Crippen LogP contribution in [0.25, 0.3) is 6.08 Å². The lowest BCUT2D eigenvalue weighted by Gasteiger charge is -2.08. The Balaban J connectivity index is 1.77. The van der Waals surface area contributed by atoms with Crippen molar-refractivity contribution in [1.82, 2.24) is 10.7 Å². The summed E-state index contributed by atoms with van der Waals surface area (Å²) in [5.41, 5.74) is 4.35. The molecule has 7 nitrogen and oxygen atoms in total. The van der Waals surface area contributed by atoms with Gasteiger partial charge in [-0.1, -0.05) is 60.7 Å². The average molecular weight is 520 g/mol. The minimum Gasteiger partial charge on any atom is -0.503 e. The van der Waals surface area contributed by atoms with Gasteiger partial charge in [-0.05, 0) is 57.4 Å². The Kier molecular flexibility index (Phi) is 8.76. The van der Waals surface area contributed by atoms with Gasteiger partial charge in [0.2, 0.25) is 0 Å². The van der Waals surface area contributed by atoms with Crippen LogP contribution < -0.4 is 15.5 Å². The number of phenols is 1. The van der Waals surface area contributed by atoms with Gasteiger partial charge in [0.15, 0.2) is 11.5 Å². The van der Waals surface area contributed by atoms with Crippen molar-refractivity contribution in [3.8, 4) is 11.5 Å². The number of phenolic OH excluding ortho intramolecular Hbond substituents is 1. The van der Waals surface area contributed by atoms with E-state index in [9.17, 15) is 14.7 Å². The van der Waals surface area contributed by atoms with Crippen LogP contribution in [-0.4, -0.2) is 30.2 Å². The topological polar surface area (TPSA) is 100 Å². The molecule has 0 aliphatic carbocycles. The number of amides is 2. The van der Waals surface area contributed by atoms with Crippen LogP contribution in [0, 0.1) is 0 Å². The van der Waals surface area contributed by atoms with E-state index in [1.54, 1.807) is 48.5 Å². The first-order chi connectivity index (χ1) is 16.5. The van der Waals surface area contributed by atoms with Crippen LogP contribution in [0.1, 0.15) is 21.5 Å². The van der Waals surface area contributed by atoms with Crippen LogP contribution in [-0.2, 0) is 4.79 Å². The summed E-state index contributed by atoms with van der Waals surface area (Å²) >= 11 is 3.24. The van der Waals surface area contributed by atoms with Crippen LogP contribution >= 0.6 is 15.9 Å². The fourth-order valence-electron chi connectivity index (χ4n) is 2.83. The highest BCUT2D eigenvalue weighted by Crippen LogP contribution is 2.34. The lowest BCUT2D eigenvalue weighted by atomic mass is 10.2. The molecule has 0 aliphatic rings. The van der Waals surface area contributed by atoms with Gasteiger partial charge < -0.3 is 15.2 Å². The normalized spacial score (nSPS) is 11.5. The molecule has 8 heteroatoms. The number of hydrazone groups is 1. The molecule has 172 valence electrons. The molecular formula is C26H22BrN3O4. The van der Waals surface area contributed by atoms with Gasteiger partial charge in [-0.25, -0.2) is 5.43 Å². The van der Waals surface area contributed by atoms with Crippen molar-refractivity contribution in [2.75, 3.05) is 7.11 Å². The summed E-state index contributed by atoms with van der Waals surface area (Å²) in [6, 6.07) is 21.3. The van der Waals surface area contributed by atoms with Crippen LogP contribution in [0.3, 0.4) is 0 Å². The Bertz CT molecular complexity index is 1240. The molecule has 0 saturated heterocycles. The molecule has 3 aromatic rings. The molecule has 2 amide bonds. The van der Waals surface area contributed by atoms with Crippen molar-refractivity contribution in [2.45, 2.75) is 0 Å². The van der Waals surface area contributed by atoms with E-state index in [1.807, 2.05) is 36.4 Å². The molecule has 0 radical (unpaired) electrons. The van der Waals surface area contributed by atoms with Crippen molar-refractivity contribution in [2.24, 2.45) is 5.10 Å². The number of nitrogens with zero attached hydrogens (tertiary/aromatic N) is 1. The zero-order valence-corrected chi connectivity index (χ0v) is 19.8. The molecular weight excluding hydrogens is 498 g/mol. The van der Waals surface area contributed by atoms with E-state index in [1.165, 1.54) is 19.4 Å². The summed E-state index contributed by atoms with van der Waals surface area (Å²) in [5.74, 6) is -0.819. The van der Waals surface area contributed by atoms with E-state index >= 15 is 0 Å². The first-order valence-corrected chi connectivity index (χ1v) is 11.0. The number of hydrogen-bond acceptors (Lipinski definition) is 5. The molecule has 0 atom stereocenters. The van der Waals surface area contributed by atoms with Crippen molar-refractivity contribution in [3.05, 3.63) is 112 Å². The van der Waals surface area contributed by atoms with Crippen LogP contribution in [0.15, 0.2) is 100 Å². The zero-order valence-electron chi connectivity index (χ0n) is 18.2. The minimum absolute atomic E-state index is 0.0163. The number of methoxy groups -OCH3 is 1. The standard InChI is InChI=1S/C26H22BrN3O4/c1-34-23-16-19(15-21(27)24(23)31)17-28-30-26(33)22(14-8-11-18-9-4-2-5-10-18)29-25(32)20-12-6-3-7-13-20/h2-17,31H,1H3,(H,29,32)(H,30,33)/b11-8-,22-14-,28-17?. The number of benzene rings is 3. The predicted octanol–water partition coefficient (Wildman–Crippen LogP) is 4.64. The van der Waals surface area contributed by atoms with Crippen LogP contribution in [0.4, 0.5) is 0 Å². The van der Waals surface area contributed by atoms with Crippen molar-refractivity contribution in [1.29, 1.82) is 0 Å². The van der Waals surface area contributed by atoms with E-state index in [0.717, 1.165) is 5.56 Å². The number of ether oxygens (including phenoxy) is 1. The van der Waals surface area contributed by atoms with Gasteiger partial charge >= 0.3 is 0 Å². The third kappa shape index (κ3) is 6.91. The van der Waals surface area contributed by atoms with Gasteiger partial charge in [0.1, 0.15) is 5.70 Å². The Labute approximate surface area is 205 Å². The number of hydrogen-bond donors (Lipinski definition) is 3. The number of allylic oxidation sites excluding steroid dienone is 2. The fraction of sp³-hybridized carbons (Fsp3) is 0.0385. The molecule has 3 aromatic carbocycles. The molecule has 0 bridgehead atoms. The molecule has 3 N–H and O–H groups in total. The molecule has 0 spiro atoms. The maximum Gasteiger partial charge on any atom is 0.287 e. The van der Waals surface area contributed by atoms with E-state index < -0.39 is 11.8 Å². The number of aromatic hydroxyl groups is 1. The third-order valence-corrected chi connectivity index (χ3v) is 5.13. The van der Waals surface area contributed by atoms with E-state index in [0.29, 0.717) is 15.6 Å². The maximum atomic E-state index is 12.8. The van der Waals surface area contributed by atoms with Gasteiger partial charge in [-0.2, -0.15) is 5.10 Å². The average Bonchev–Trinajstić information content (AvgIpc) is 2.86. The van der Waals surface area contributed by atoms with Gasteiger partial charge in [-0.3, -0.25) is 9.59 Å². The Morgan fingerprint density at radius 1 is 1.00 bits per heavy atom. The van der Waals surface area contributed by atoms with E-state index in [-0.39, 0.29) is 17.2 Å². The van der Waals surface area contributed by atoms with Crippen LogP contribution in [0.2, 0.25) is 0 Å². The lowest BCUT2D eigenvalue weighted by Crippen LogP contribution is -2.32. The first kappa shape index (κ1) is 24.5. The number of carbonyl (C=O) groups excluding carboxylic acids is 2. The number of nitrogens with one attached hydrogen (secondary N) is 2. The summed E-state index contributed by atoms with van der Waals surface area (Å²) in [6.45, 7) is 0. The summed E-state index contributed by atoms with van der Waals surface area (Å²) in [4.78, 5) is 25.4. The zero-order chi connectivity index (χ0) is 24.3. The molecule has 34 heavy (non-hydrogen) atoms. The number of rotatable bonds is 8. The molecule has 0 saturated carbocycles. The summed E-state index contributed by atoms with van der Waals surface area (Å²) < 4.78 is 5.52. The summed E-state index contributed by atoms with van der Waals surface area (Å²) in [6.07, 6.45) is 6.37. The van der Waals surface area contributed by atoms with Crippen molar-refractivity contribution < 1.29 is 19.4 Å². The highest BCUT2D eigenvalue weighted by molar-refractivity contribution is 9.10. The molecule has 3 rings (SSSR count). The van der Waals surface area contributed by atoms with Crippen molar-refractivity contribution in [3.63, 3.8) is 0 Å². The highest BCUT2D eigenvalue weighted by atomic mass is 79.9. The summed E-state index contributed by atoms with van der Waals surface area (Å²) in [7, 11) is 1.43. The Morgan fingerprint density at radius 3 is 2.35 bits per heavy atom. The highest BCUT2D eigenvalue weighted by Gasteiger charge is 2.13. The largest absolute Gasteiger partial charge is 0.503 e. The van der Waals surface area contributed by atoms with Gasteiger partial charge in [0.25, 0.3) is 11.8 Å². The van der Waals surface area contributed by atoms with Gasteiger partial charge in [-0.15, -0.1) is 0 Å². The second-order valence-electron chi connectivity index (χ2n) is 6.92. The second-order valence-corrected chi connectivity index (χ2v) is 7.78. The van der Waals surface area contributed by atoms with Gasteiger partial charge in [0, 0.05) is 5.56 Å². The fourth-order valence-corrected chi connectivity index (χ4v) is 3.29. The molecule has 0 fully saturated rings. The molecule has 0 aliphatic heterocycles. The maximum absolute atomic E-state index is 12.8. The van der Waals surface area contributed by atoms with Crippen LogP contribution in [0.5, 0.6) is 11.5 Å². The lowest BCUT2D eigenvalue weighted by molar-refractivity contribution is -0.117. The molecule has 0 heterocycles.